The van der Waals surface area contributed by atoms with Gasteiger partial charge in [0.25, 0.3) is 0 Å². The standard InChI is InChI=1S/C12H18Cl2N2/c1-3-8(2)7-11(16-15)9-5-4-6-10(13)12(9)14/h4-6,8,11,16H,3,7,15H2,1-2H3. The van der Waals surface area contributed by atoms with Crippen molar-refractivity contribution in [3.05, 3.63) is 33.8 Å². The van der Waals surface area contributed by atoms with Crippen molar-refractivity contribution in [1.29, 1.82) is 0 Å². The summed E-state index contributed by atoms with van der Waals surface area (Å²) in [5, 5.41) is 1.17. The summed E-state index contributed by atoms with van der Waals surface area (Å²) in [5.41, 5.74) is 3.78. The minimum atomic E-state index is 0.0566. The van der Waals surface area contributed by atoms with Gasteiger partial charge in [0.05, 0.1) is 10.0 Å². The fourth-order valence-corrected chi connectivity index (χ4v) is 2.08. The number of hydrazine groups is 1. The zero-order valence-corrected chi connectivity index (χ0v) is 11.1. The molecule has 2 atom stereocenters. The predicted octanol–water partition coefficient (Wildman–Crippen LogP) is 3.93. The van der Waals surface area contributed by atoms with Gasteiger partial charge in [-0.15, -0.1) is 0 Å². The van der Waals surface area contributed by atoms with Crippen molar-refractivity contribution in [2.75, 3.05) is 0 Å². The van der Waals surface area contributed by atoms with Crippen molar-refractivity contribution in [2.24, 2.45) is 11.8 Å². The topological polar surface area (TPSA) is 38.0 Å². The van der Waals surface area contributed by atoms with Crippen LogP contribution in [0.25, 0.3) is 0 Å². The van der Waals surface area contributed by atoms with E-state index in [2.05, 4.69) is 19.3 Å². The van der Waals surface area contributed by atoms with Gasteiger partial charge in [-0.25, -0.2) is 0 Å². The Kier molecular flexibility index (Phi) is 5.56. The Labute approximate surface area is 107 Å². The second-order valence-corrected chi connectivity index (χ2v) is 4.90. The van der Waals surface area contributed by atoms with E-state index in [0.717, 1.165) is 18.4 Å². The van der Waals surface area contributed by atoms with Gasteiger partial charge >= 0.3 is 0 Å². The molecule has 0 heterocycles. The summed E-state index contributed by atoms with van der Waals surface area (Å²) in [5.74, 6) is 6.17. The van der Waals surface area contributed by atoms with Crippen molar-refractivity contribution < 1.29 is 0 Å². The van der Waals surface area contributed by atoms with Crippen molar-refractivity contribution in [3.63, 3.8) is 0 Å². The minimum absolute atomic E-state index is 0.0566. The van der Waals surface area contributed by atoms with Crippen LogP contribution in [0, 0.1) is 5.92 Å². The molecule has 2 nitrogen and oxygen atoms in total. The van der Waals surface area contributed by atoms with Crippen molar-refractivity contribution in [3.8, 4) is 0 Å². The molecule has 16 heavy (non-hydrogen) atoms. The maximum Gasteiger partial charge on any atom is 0.0640 e. The lowest BCUT2D eigenvalue weighted by molar-refractivity contribution is 0.408. The average molecular weight is 261 g/mol. The van der Waals surface area contributed by atoms with E-state index in [0.29, 0.717) is 16.0 Å². The Morgan fingerprint density at radius 1 is 1.38 bits per heavy atom. The molecule has 0 aliphatic rings. The van der Waals surface area contributed by atoms with Crippen LogP contribution in [-0.4, -0.2) is 0 Å². The first-order valence-electron chi connectivity index (χ1n) is 5.50. The maximum absolute atomic E-state index is 6.17. The lowest BCUT2D eigenvalue weighted by Gasteiger charge is -2.21. The molecule has 90 valence electrons. The third kappa shape index (κ3) is 3.36. The monoisotopic (exact) mass is 260 g/mol. The zero-order chi connectivity index (χ0) is 12.1. The normalized spacial score (nSPS) is 14.8. The number of hydrogen-bond acceptors (Lipinski definition) is 2. The predicted molar refractivity (Wildman–Crippen MR) is 70.6 cm³/mol. The Hall–Kier alpha value is -0.280. The van der Waals surface area contributed by atoms with E-state index in [1.165, 1.54) is 0 Å². The molecule has 0 aromatic heterocycles. The summed E-state index contributed by atoms with van der Waals surface area (Å²) >= 11 is 12.2. The second-order valence-electron chi connectivity index (χ2n) is 4.11. The molecular formula is C12H18Cl2N2. The molecule has 1 rings (SSSR count). The fraction of sp³-hybridized carbons (Fsp3) is 0.500. The molecule has 2 unspecified atom stereocenters. The van der Waals surface area contributed by atoms with Crippen LogP contribution in [0.5, 0.6) is 0 Å². The van der Waals surface area contributed by atoms with Crippen LogP contribution in [0.3, 0.4) is 0 Å². The van der Waals surface area contributed by atoms with Gasteiger partial charge in [0.2, 0.25) is 0 Å². The van der Waals surface area contributed by atoms with E-state index in [4.69, 9.17) is 29.0 Å². The molecule has 0 spiro atoms. The third-order valence-corrected chi connectivity index (χ3v) is 3.73. The van der Waals surface area contributed by atoms with Crippen LogP contribution in [-0.2, 0) is 0 Å². The minimum Gasteiger partial charge on any atom is -0.271 e. The number of halogens is 2. The van der Waals surface area contributed by atoms with E-state index in [1.807, 2.05) is 12.1 Å². The Morgan fingerprint density at radius 3 is 2.62 bits per heavy atom. The van der Waals surface area contributed by atoms with E-state index in [-0.39, 0.29) is 6.04 Å². The van der Waals surface area contributed by atoms with E-state index in [9.17, 15) is 0 Å². The molecule has 0 aliphatic carbocycles. The number of nitrogens with two attached hydrogens (primary N) is 1. The Bertz CT molecular complexity index is 342. The highest BCUT2D eigenvalue weighted by molar-refractivity contribution is 6.42. The first-order valence-corrected chi connectivity index (χ1v) is 6.25. The van der Waals surface area contributed by atoms with Gasteiger partial charge in [0.1, 0.15) is 0 Å². The molecule has 0 aliphatic heterocycles. The van der Waals surface area contributed by atoms with Gasteiger partial charge in [-0.1, -0.05) is 55.6 Å². The lowest BCUT2D eigenvalue weighted by Crippen LogP contribution is -2.29. The summed E-state index contributed by atoms with van der Waals surface area (Å²) in [7, 11) is 0. The number of nitrogens with one attached hydrogen (secondary N) is 1. The smallest absolute Gasteiger partial charge is 0.0640 e. The SMILES string of the molecule is CCC(C)CC(NN)c1cccc(Cl)c1Cl. The van der Waals surface area contributed by atoms with Crippen molar-refractivity contribution >= 4 is 23.2 Å². The highest BCUT2D eigenvalue weighted by atomic mass is 35.5. The molecule has 0 amide bonds. The molecule has 0 bridgehead atoms. The number of benzene rings is 1. The molecule has 0 radical (unpaired) electrons. The van der Waals surface area contributed by atoms with Gasteiger partial charge in [0, 0.05) is 6.04 Å². The Balaban J connectivity index is 2.90. The van der Waals surface area contributed by atoms with Crippen LogP contribution in [0.15, 0.2) is 18.2 Å². The van der Waals surface area contributed by atoms with E-state index >= 15 is 0 Å². The van der Waals surface area contributed by atoms with Gasteiger partial charge in [0.15, 0.2) is 0 Å². The molecule has 1 aromatic rings. The maximum atomic E-state index is 6.17. The molecule has 0 saturated heterocycles. The highest BCUT2D eigenvalue weighted by Gasteiger charge is 2.17. The van der Waals surface area contributed by atoms with Gasteiger partial charge in [-0.05, 0) is 24.0 Å². The number of hydrogen-bond donors (Lipinski definition) is 2. The first kappa shape index (κ1) is 13.8. The molecular weight excluding hydrogens is 243 g/mol. The van der Waals surface area contributed by atoms with Crippen molar-refractivity contribution in [1.82, 2.24) is 5.43 Å². The van der Waals surface area contributed by atoms with Crippen LogP contribution >= 0.6 is 23.2 Å². The molecule has 0 saturated carbocycles. The second kappa shape index (κ2) is 6.45. The van der Waals surface area contributed by atoms with Crippen molar-refractivity contribution in [2.45, 2.75) is 32.7 Å². The largest absolute Gasteiger partial charge is 0.271 e. The van der Waals surface area contributed by atoms with Crippen LogP contribution in [0.4, 0.5) is 0 Å². The third-order valence-electron chi connectivity index (χ3n) is 2.89. The van der Waals surface area contributed by atoms with E-state index in [1.54, 1.807) is 6.07 Å². The molecule has 1 aromatic carbocycles. The van der Waals surface area contributed by atoms with Gasteiger partial charge in [-0.3, -0.25) is 11.3 Å². The van der Waals surface area contributed by atoms with Crippen LogP contribution in [0.1, 0.15) is 38.3 Å². The van der Waals surface area contributed by atoms with Gasteiger partial charge in [-0.2, -0.15) is 0 Å². The van der Waals surface area contributed by atoms with E-state index < -0.39 is 0 Å². The molecule has 0 fully saturated rings. The summed E-state index contributed by atoms with van der Waals surface area (Å²) in [6.45, 7) is 4.36. The first-order chi connectivity index (χ1) is 7.60. The van der Waals surface area contributed by atoms with Gasteiger partial charge < -0.3 is 0 Å². The summed E-state index contributed by atoms with van der Waals surface area (Å²) in [6, 6.07) is 5.69. The highest BCUT2D eigenvalue weighted by Crippen LogP contribution is 2.32. The molecule has 3 N–H and O–H groups in total. The average Bonchev–Trinajstić information content (AvgIpc) is 2.29. The summed E-state index contributed by atoms with van der Waals surface area (Å²) in [6.07, 6.45) is 2.07. The van der Waals surface area contributed by atoms with Crippen LogP contribution < -0.4 is 11.3 Å². The summed E-state index contributed by atoms with van der Waals surface area (Å²) in [4.78, 5) is 0. The zero-order valence-electron chi connectivity index (χ0n) is 9.63. The quantitative estimate of drug-likeness (QED) is 0.622. The fourth-order valence-electron chi connectivity index (χ4n) is 1.64. The van der Waals surface area contributed by atoms with Crippen LogP contribution in [0.2, 0.25) is 10.0 Å². The number of rotatable bonds is 5. The summed E-state index contributed by atoms with van der Waals surface area (Å²) < 4.78 is 0. The molecule has 4 heteroatoms. The Morgan fingerprint density at radius 2 is 2.06 bits per heavy atom. The lowest BCUT2D eigenvalue weighted by atomic mass is 9.95.